The highest BCUT2D eigenvalue weighted by atomic mass is 32.2. The van der Waals surface area contributed by atoms with Crippen LogP contribution in [0.5, 0.6) is 0 Å². The Kier molecular flexibility index (Phi) is 6.63. The summed E-state index contributed by atoms with van der Waals surface area (Å²) in [6.45, 7) is 4.63. The number of aliphatic hydroxyl groups is 1. The molecule has 17 heavy (non-hydrogen) atoms. The maximum atomic E-state index is 8.79. The van der Waals surface area contributed by atoms with Crippen LogP contribution >= 0.6 is 11.8 Å². The van der Waals surface area contributed by atoms with E-state index in [1.165, 1.54) is 11.1 Å². The van der Waals surface area contributed by atoms with Crippen molar-refractivity contribution in [3.8, 4) is 0 Å². The molecule has 0 heterocycles. The molecule has 0 aromatic heterocycles. The van der Waals surface area contributed by atoms with Crippen molar-refractivity contribution in [1.82, 2.24) is 5.32 Å². The third-order valence-electron chi connectivity index (χ3n) is 2.90. The first-order chi connectivity index (χ1) is 8.19. The van der Waals surface area contributed by atoms with E-state index in [1.807, 2.05) is 18.8 Å². The van der Waals surface area contributed by atoms with Gasteiger partial charge in [0.2, 0.25) is 0 Å². The summed E-state index contributed by atoms with van der Waals surface area (Å²) in [5.74, 6) is 1.02. The molecule has 2 N–H and O–H groups in total. The lowest BCUT2D eigenvalue weighted by Gasteiger charge is -2.23. The van der Waals surface area contributed by atoms with Gasteiger partial charge in [0.05, 0.1) is 0 Å². The van der Waals surface area contributed by atoms with Crippen molar-refractivity contribution in [1.29, 1.82) is 0 Å². The number of hydrogen-bond donors (Lipinski definition) is 2. The van der Waals surface area contributed by atoms with Gasteiger partial charge in [-0.2, -0.15) is 11.8 Å². The molecule has 2 unspecified atom stereocenters. The monoisotopic (exact) mass is 253 g/mol. The lowest BCUT2D eigenvalue weighted by molar-refractivity contribution is 0.296. The average Bonchev–Trinajstić information content (AvgIpc) is 2.33. The first kappa shape index (κ1) is 14.6. The molecular formula is C14H23NOS. The molecule has 3 heteroatoms. The van der Waals surface area contributed by atoms with Crippen molar-refractivity contribution in [2.75, 3.05) is 19.4 Å². The Morgan fingerprint density at radius 3 is 2.47 bits per heavy atom. The largest absolute Gasteiger partial charge is 0.396 e. The van der Waals surface area contributed by atoms with Crippen LogP contribution < -0.4 is 5.32 Å². The average molecular weight is 253 g/mol. The standard InChI is InChI=1S/C14H23NOS/c1-11-5-7-13(8-6-11)14(15-3)12(2)17-10-4-9-16/h5-8,12,14-16H,4,9-10H2,1-3H3. The molecule has 0 fully saturated rings. The third kappa shape index (κ3) is 4.70. The van der Waals surface area contributed by atoms with Crippen LogP contribution in [0.15, 0.2) is 24.3 Å². The Balaban J connectivity index is 2.60. The molecular weight excluding hydrogens is 230 g/mol. The summed E-state index contributed by atoms with van der Waals surface area (Å²) in [7, 11) is 2.01. The van der Waals surface area contributed by atoms with Crippen molar-refractivity contribution in [3.63, 3.8) is 0 Å². The van der Waals surface area contributed by atoms with E-state index in [1.54, 1.807) is 0 Å². The van der Waals surface area contributed by atoms with Gasteiger partial charge in [-0.05, 0) is 31.7 Å². The van der Waals surface area contributed by atoms with Gasteiger partial charge in [-0.1, -0.05) is 36.8 Å². The molecule has 1 rings (SSSR count). The minimum atomic E-state index is 0.286. The van der Waals surface area contributed by atoms with Crippen LogP contribution in [0, 0.1) is 6.92 Å². The molecule has 0 bridgehead atoms. The number of rotatable bonds is 7. The molecule has 0 saturated heterocycles. The number of benzene rings is 1. The number of aryl methyl sites for hydroxylation is 1. The maximum Gasteiger partial charge on any atom is 0.0438 e. The summed E-state index contributed by atoms with van der Waals surface area (Å²) in [6, 6.07) is 9.08. The second-order valence-electron chi connectivity index (χ2n) is 4.33. The first-order valence-electron chi connectivity index (χ1n) is 6.15. The lowest BCUT2D eigenvalue weighted by atomic mass is 10.0. The van der Waals surface area contributed by atoms with E-state index in [2.05, 4.69) is 43.4 Å². The number of hydrogen-bond acceptors (Lipinski definition) is 3. The molecule has 0 spiro atoms. The molecule has 1 aromatic rings. The molecule has 0 aliphatic carbocycles. The van der Waals surface area contributed by atoms with Gasteiger partial charge in [-0.15, -0.1) is 0 Å². The number of nitrogens with one attached hydrogen (secondary N) is 1. The van der Waals surface area contributed by atoms with Gasteiger partial charge in [0, 0.05) is 17.9 Å². The van der Waals surface area contributed by atoms with E-state index < -0.39 is 0 Å². The Labute approximate surface area is 109 Å². The fourth-order valence-electron chi connectivity index (χ4n) is 1.88. The molecule has 2 nitrogen and oxygen atoms in total. The van der Waals surface area contributed by atoms with Gasteiger partial charge in [0.15, 0.2) is 0 Å². The summed E-state index contributed by atoms with van der Waals surface area (Å²) >= 11 is 1.91. The highest BCUT2D eigenvalue weighted by molar-refractivity contribution is 7.99. The van der Waals surface area contributed by atoms with Crippen LogP contribution in [0.4, 0.5) is 0 Å². The quantitative estimate of drug-likeness (QED) is 0.733. The van der Waals surface area contributed by atoms with Crippen LogP contribution in [-0.2, 0) is 0 Å². The number of thioether (sulfide) groups is 1. The van der Waals surface area contributed by atoms with Gasteiger partial charge >= 0.3 is 0 Å². The SMILES string of the molecule is CNC(c1ccc(C)cc1)C(C)SCCCO. The fourth-order valence-corrected chi connectivity index (χ4v) is 3.03. The maximum absolute atomic E-state index is 8.79. The zero-order chi connectivity index (χ0) is 12.7. The van der Waals surface area contributed by atoms with Gasteiger partial charge in [0.25, 0.3) is 0 Å². The summed E-state index contributed by atoms with van der Waals surface area (Å²) in [5, 5.41) is 12.7. The smallest absolute Gasteiger partial charge is 0.0438 e. The van der Waals surface area contributed by atoms with Gasteiger partial charge < -0.3 is 10.4 Å². The summed E-state index contributed by atoms with van der Waals surface area (Å²) in [4.78, 5) is 0. The predicted molar refractivity (Wildman–Crippen MR) is 76.6 cm³/mol. The van der Waals surface area contributed by atoms with Gasteiger partial charge in [-0.3, -0.25) is 0 Å². The van der Waals surface area contributed by atoms with E-state index in [9.17, 15) is 0 Å². The zero-order valence-electron chi connectivity index (χ0n) is 10.9. The Morgan fingerprint density at radius 1 is 1.29 bits per heavy atom. The predicted octanol–water partition coefficient (Wildman–Crippen LogP) is 2.76. The van der Waals surface area contributed by atoms with E-state index in [-0.39, 0.29) is 6.61 Å². The van der Waals surface area contributed by atoms with Crippen LogP contribution in [0.2, 0.25) is 0 Å². The normalized spacial score (nSPS) is 14.6. The molecule has 0 aliphatic heterocycles. The van der Waals surface area contributed by atoms with Crippen LogP contribution in [0.25, 0.3) is 0 Å². The number of aliphatic hydroxyl groups excluding tert-OH is 1. The van der Waals surface area contributed by atoms with Crippen LogP contribution in [-0.4, -0.2) is 29.8 Å². The molecule has 0 radical (unpaired) electrons. The van der Waals surface area contributed by atoms with Crippen molar-refractivity contribution < 1.29 is 5.11 Å². The van der Waals surface area contributed by atoms with Gasteiger partial charge in [-0.25, -0.2) is 0 Å². The zero-order valence-corrected chi connectivity index (χ0v) is 11.8. The van der Waals surface area contributed by atoms with E-state index in [0.717, 1.165) is 12.2 Å². The molecule has 0 amide bonds. The Hall–Kier alpha value is -0.510. The van der Waals surface area contributed by atoms with Gasteiger partial charge in [0.1, 0.15) is 0 Å². The summed E-state index contributed by atoms with van der Waals surface area (Å²) < 4.78 is 0. The first-order valence-corrected chi connectivity index (χ1v) is 7.20. The van der Waals surface area contributed by atoms with Crippen LogP contribution in [0.3, 0.4) is 0 Å². The highest BCUT2D eigenvalue weighted by Crippen LogP contribution is 2.26. The molecule has 2 atom stereocenters. The molecule has 1 aromatic carbocycles. The second-order valence-corrected chi connectivity index (χ2v) is 5.82. The summed E-state index contributed by atoms with van der Waals surface area (Å²) in [5.41, 5.74) is 2.63. The fraction of sp³-hybridized carbons (Fsp3) is 0.571. The highest BCUT2D eigenvalue weighted by Gasteiger charge is 2.17. The van der Waals surface area contributed by atoms with Crippen molar-refractivity contribution in [2.45, 2.75) is 31.6 Å². The topological polar surface area (TPSA) is 32.3 Å². The molecule has 0 saturated carbocycles. The second kappa shape index (κ2) is 7.75. The Morgan fingerprint density at radius 2 is 1.94 bits per heavy atom. The molecule has 96 valence electrons. The van der Waals surface area contributed by atoms with Crippen molar-refractivity contribution in [2.24, 2.45) is 0 Å². The van der Waals surface area contributed by atoms with E-state index >= 15 is 0 Å². The van der Waals surface area contributed by atoms with Crippen molar-refractivity contribution in [3.05, 3.63) is 35.4 Å². The minimum absolute atomic E-state index is 0.286. The van der Waals surface area contributed by atoms with E-state index in [4.69, 9.17) is 5.11 Å². The third-order valence-corrected chi connectivity index (χ3v) is 4.22. The van der Waals surface area contributed by atoms with E-state index in [0.29, 0.717) is 11.3 Å². The summed E-state index contributed by atoms with van der Waals surface area (Å²) in [6.07, 6.45) is 0.874. The minimum Gasteiger partial charge on any atom is -0.396 e. The molecule has 0 aliphatic rings. The van der Waals surface area contributed by atoms with Crippen LogP contribution in [0.1, 0.15) is 30.5 Å². The van der Waals surface area contributed by atoms with Crippen molar-refractivity contribution >= 4 is 11.8 Å². The lowest BCUT2D eigenvalue weighted by Crippen LogP contribution is -2.25. The Bertz CT molecular complexity index is 313.